The lowest BCUT2D eigenvalue weighted by molar-refractivity contribution is 0.243. The molecule has 0 radical (unpaired) electrons. The highest BCUT2D eigenvalue weighted by Gasteiger charge is 2.24. The number of urea groups is 1. The summed E-state index contributed by atoms with van der Waals surface area (Å²) >= 11 is 24.5. The van der Waals surface area contributed by atoms with E-state index in [4.69, 9.17) is 51.4 Å². The van der Waals surface area contributed by atoms with E-state index in [1.807, 2.05) is 32.3 Å². The van der Waals surface area contributed by atoms with E-state index in [0.29, 0.717) is 0 Å². The van der Waals surface area contributed by atoms with Gasteiger partial charge in [0.05, 0.1) is 31.3 Å². The monoisotopic (exact) mass is 539 g/mol. The first-order valence-corrected chi connectivity index (χ1v) is 12.5. The second-order valence-electron chi connectivity index (χ2n) is 8.57. The number of halogens is 4. The molecule has 1 aromatic heterocycles. The van der Waals surface area contributed by atoms with Gasteiger partial charge in [-0.05, 0) is 37.8 Å². The molecule has 1 saturated carbocycles. The normalized spacial score (nSPS) is 17.9. The zero-order chi connectivity index (χ0) is 24.4. The highest BCUT2D eigenvalue weighted by molar-refractivity contribution is 6.50. The van der Waals surface area contributed by atoms with Gasteiger partial charge < -0.3 is 20.9 Å². The van der Waals surface area contributed by atoms with Crippen molar-refractivity contribution in [2.75, 3.05) is 29.6 Å². The molecule has 0 spiro atoms. The SMILES string of the molecule is CN(C)c1cc(N[C@H]2CC[C@@H](NC(=O)Nc3c(Cl)c(Cl)cc(Cl)c3Cl)CC2)nc2ccccc12. The fourth-order valence-corrected chi connectivity index (χ4v) is 5.11. The van der Waals surface area contributed by atoms with Crippen molar-refractivity contribution >= 4 is 80.5 Å². The van der Waals surface area contributed by atoms with E-state index in [-0.39, 0.29) is 37.9 Å². The van der Waals surface area contributed by atoms with Crippen LogP contribution in [0.2, 0.25) is 20.1 Å². The Morgan fingerprint density at radius 2 is 1.56 bits per heavy atom. The highest BCUT2D eigenvalue weighted by Crippen LogP contribution is 2.41. The summed E-state index contributed by atoms with van der Waals surface area (Å²) in [6, 6.07) is 11.6. The van der Waals surface area contributed by atoms with Crippen LogP contribution in [0.4, 0.5) is 22.0 Å². The number of fused-ring (bicyclic) bond motifs is 1. The molecule has 2 amide bonds. The van der Waals surface area contributed by atoms with Gasteiger partial charge in [0, 0.05) is 43.3 Å². The van der Waals surface area contributed by atoms with E-state index in [9.17, 15) is 4.79 Å². The Hall–Kier alpha value is -2.12. The second-order valence-corrected chi connectivity index (χ2v) is 10.1. The molecule has 0 bridgehead atoms. The first-order chi connectivity index (χ1) is 16.2. The molecular formula is C24H25Cl4N5O. The molecule has 1 heterocycles. The van der Waals surface area contributed by atoms with Gasteiger partial charge in [-0.2, -0.15) is 0 Å². The Morgan fingerprint density at radius 1 is 0.941 bits per heavy atom. The number of benzene rings is 2. The largest absolute Gasteiger partial charge is 0.377 e. The van der Waals surface area contributed by atoms with Crippen molar-refractivity contribution in [3.05, 3.63) is 56.5 Å². The van der Waals surface area contributed by atoms with E-state index in [2.05, 4.69) is 33.0 Å². The third-order valence-electron chi connectivity index (χ3n) is 5.94. The number of para-hydroxylation sites is 1. The van der Waals surface area contributed by atoms with Crippen molar-refractivity contribution < 1.29 is 4.79 Å². The van der Waals surface area contributed by atoms with E-state index in [1.54, 1.807) is 0 Å². The van der Waals surface area contributed by atoms with Gasteiger partial charge >= 0.3 is 6.03 Å². The maximum absolute atomic E-state index is 12.6. The Kier molecular flexibility index (Phi) is 7.83. The van der Waals surface area contributed by atoms with Gasteiger partial charge in [-0.3, -0.25) is 0 Å². The predicted octanol–water partition coefficient (Wildman–Crippen LogP) is 7.46. The summed E-state index contributed by atoms with van der Waals surface area (Å²) in [5.41, 5.74) is 2.29. The van der Waals surface area contributed by atoms with Crippen LogP contribution in [0.15, 0.2) is 36.4 Å². The quantitative estimate of drug-likeness (QED) is 0.294. The van der Waals surface area contributed by atoms with Crippen LogP contribution in [-0.2, 0) is 0 Å². The molecule has 1 fully saturated rings. The molecule has 34 heavy (non-hydrogen) atoms. The van der Waals surface area contributed by atoms with Crippen LogP contribution in [0.25, 0.3) is 10.9 Å². The van der Waals surface area contributed by atoms with E-state index < -0.39 is 6.03 Å². The van der Waals surface area contributed by atoms with Gasteiger partial charge in [0.15, 0.2) is 0 Å². The number of rotatable bonds is 5. The molecule has 1 aliphatic rings. The molecule has 0 saturated heterocycles. The van der Waals surface area contributed by atoms with Crippen molar-refractivity contribution in [3.8, 4) is 0 Å². The predicted molar refractivity (Wildman–Crippen MR) is 144 cm³/mol. The summed E-state index contributed by atoms with van der Waals surface area (Å²) in [4.78, 5) is 19.4. The number of hydrogen-bond acceptors (Lipinski definition) is 4. The average Bonchev–Trinajstić information content (AvgIpc) is 2.81. The standard InChI is InChI=1S/C24H25Cl4N5O/c1-33(2)19-12-20(31-18-6-4-3-5-15(18)19)29-13-7-9-14(10-8-13)30-24(34)32-23-21(27)16(25)11-17(26)22(23)28/h3-6,11-14H,7-10H2,1-2H3,(H,29,31)(H2,30,32,34)/t13-,14+. The number of anilines is 3. The third kappa shape index (κ3) is 5.57. The van der Waals surface area contributed by atoms with Crippen LogP contribution in [0.5, 0.6) is 0 Å². The molecule has 0 unspecified atom stereocenters. The summed E-state index contributed by atoms with van der Waals surface area (Å²) in [5, 5.41) is 11.1. The lowest BCUT2D eigenvalue weighted by Crippen LogP contribution is -2.42. The van der Waals surface area contributed by atoms with Crippen LogP contribution in [0.3, 0.4) is 0 Å². The number of hydrogen-bond donors (Lipinski definition) is 3. The number of amides is 2. The Balaban J connectivity index is 1.35. The van der Waals surface area contributed by atoms with Crippen molar-refractivity contribution in [2.24, 2.45) is 0 Å². The minimum atomic E-state index is -0.398. The van der Waals surface area contributed by atoms with Crippen LogP contribution in [0.1, 0.15) is 25.7 Å². The lowest BCUT2D eigenvalue weighted by atomic mass is 9.91. The van der Waals surface area contributed by atoms with Crippen molar-refractivity contribution in [1.82, 2.24) is 10.3 Å². The maximum atomic E-state index is 12.6. The zero-order valence-corrected chi connectivity index (χ0v) is 21.8. The molecule has 4 rings (SSSR count). The average molecular weight is 541 g/mol. The Bertz CT molecular complexity index is 1190. The van der Waals surface area contributed by atoms with Crippen LogP contribution >= 0.6 is 46.4 Å². The Labute approximate surface area is 218 Å². The first-order valence-electron chi connectivity index (χ1n) is 11.0. The van der Waals surface area contributed by atoms with Gasteiger partial charge in [-0.15, -0.1) is 0 Å². The molecular weight excluding hydrogens is 516 g/mol. The zero-order valence-electron chi connectivity index (χ0n) is 18.8. The molecule has 180 valence electrons. The maximum Gasteiger partial charge on any atom is 0.319 e. The topological polar surface area (TPSA) is 69.3 Å². The minimum absolute atomic E-state index is 0.0344. The van der Waals surface area contributed by atoms with Crippen LogP contribution in [-0.4, -0.2) is 37.2 Å². The number of carbonyl (C=O) groups is 1. The number of nitrogens with zero attached hydrogens (tertiary/aromatic N) is 2. The smallest absolute Gasteiger partial charge is 0.319 e. The van der Waals surface area contributed by atoms with Crippen LogP contribution < -0.4 is 20.9 Å². The number of nitrogens with one attached hydrogen (secondary N) is 3. The lowest BCUT2D eigenvalue weighted by Gasteiger charge is -2.30. The van der Waals surface area contributed by atoms with Gasteiger partial charge in [-0.1, -0.05) is 64.6 Å². The van der Waals surface area contributed by atoms with Crippen molar-refractivity contribution in [3.63, 3.8) is 0 Å². The summed E-state index contributed by atoms with van der Waals surface area (Å²) in [6.45, 7) is 0. The molecule has 10 heteroatoms. The molecule has 6 nitrogen and oxygen atoms in total. The van der Waals surface area contributed by atoms with Gasteiger partial charge in [-0.25, -0.2) is 9.78 Å². The van der Waals surface area contributed by atoms with E-state index in [1.165, 1.54) is 6.07 Å². The molecule has 3 N–H and O–H groups in total. The van der Waals surface area contributed by atoms with E-state index in [0.717, 1.165) is 48.1 Å². The molecule has 3 aromatic rings. The second kappa shape index (κ2) is 10.6. The molecule has 0 atom stereocenters. The van der Waals surface area contributed by atoms with Crippen LogP contribution in [0, 0.1) is 0 Å². The fraction of sp³-hybridized carbons (Fsp3) is 0.333. The summed E-state index contributed by atoms with van der Waals surface area (Å²) in [7, 11) is 4.07. The van der Waals surface area contributed by atoms with Gasteiger partial charge in [0.25, 0.3) is 0 Å². The number of pyridine rings is 1. The fourth-order valence-electron chi connectivity index (χ4n) is 4.21. The Morgan fingerprint density at radius 3 is 2.21 bits per heavy atom. The minimum Gasteiger partial charge on any atom is -0.377 e. The summed E-state index contributed by atoms with van der Waals surface area (Å²) < 4.78 is 0. The number of aromatic nitrogens is 1. The van der Waals surface area contributed by atoms with Crippen molar-refractivity contribution in [1.29, 1.82) is 0 Å². The molecule has 1 aliphatic carbocycles. The molecule has 0 aliphatic heterocycles. The van der Waals surface area contributed by atoms with Gasteiger partial charge in [0.2, 0.25) is 0 Å². The number of carbonyl (C=O) groups excluding carboxylic acids is 1. The summed E-state index contributed by atoms with van der Waals surface area (Å²) in [6.07, 6.45) is 3.47. The van der Waals surface area contributed by atoms with Gasteiger partial charge in [0.1, 0.15) is 5.82 Å². The van der Waals surface area contributed by atoms with E-state index >= 15 is 0 Å². The first kappa shape index (κ1) is 25.0. The third-order valence-corrected chi connectivity index (χ3v) is 7.52. The molecule has 2 aromatic carbocycles. The van der Waals surface area contributed by atoms with Crippen molar-refractivity contribution in [2.45, 2.75) is 37.8 Å². The highest BCUT2D eigenvalue weighted by atomic mass is 35.5. The summed E-state index contributed by atoms with van der Waals surface area (Å²) in [5.74, 6) is 0.860.